The maximum absolute atomic E-state index is 12.9. The third-order valence-electron chi connectivity index (χ3n) is 5.50. The van der Waals surface area contributed by atoms with Gasteiger partial charge < -0.3 is 9.64 Å². The molecular formula is C25H24N2O5S2. The fraction of sp³-hybridized carbons (Fsp3) is 0.200. The summed E-state index contributed by atoms with van der Waals surface area (Å²) >= 11 is 1.69. The van der Waals surface area contributed by atoms with E-state index in [0.29, 0.717) is 12.2 Å². The normalized spacial score (nSPS) is 13.2. The molecule has 0 saturated carbocycles. The van der Waals surface area contributed by atoms with Gasteiger partial charge in [0.1, 0.15) is 0 Å². The number of esters is 1. The van der Waals surface area contributed by atoms with Gasteiger partial charge in [0.2, 0.25) is 0 Å². The smallest absolute Gasteiger partial charge is 0.338 e. The molecule has 3 aromatic carbocycles. The summed E-state index contributed by atoms with van der Waals surface area (Å²) in [5, 5.41) is 0. The quantitative estimate of drug-likeness (QED) is 0.478. The van der Waals surface area contributed by atoms with E-state index in [1.807, 2.05) is 31.2 Å². The average Bonchev–Trinajstić information content (AvgIpc) is 2.86. The van der Waals surface area contributed by atoms with Gasteiger partial charge in [0.15, 0.2) is 6.61 Å². The molecule has 0 aliphatic carbocycles. The second kappa shape index (κ2) is 9.90. The zero-order valence-electron chi connectivity index (χ0n) is 18.8. The molecule has 0 radical (unpaired) electrons. The molecule has 7 nitrogen and oxygen atoms in total. The summed E-state index contributed by atoms with van der Waals surface area (Å²) < 4.78 is 32.1. The topological polar surface area (TPSA) is 84.0 Å². The molecule has 176 valence electrons. The third kappa shape index (κ3) is 4.95. The van der Waals surface area contributed by atoms with E-state index in [2.05, 4.69) is 0 Å². The zero-order chi connectivity index (χ0) is 24.3. The number of ether oxygens (including phenoxy) is 1. The first-order chi connectivity index (χ1) is 16.3. The summed E-state index contributed by atoms with van der Waals surface area (Å²) in [5.41, 5.74) is 2.41. The van der Waals surface area contributed by atoms with Crippen LogP contribution in [0.1, 0.15) is 15.9 Å². The van der Waals surface area contributed by atoms with Crippen molar-refractivity contribution in [3.05, 3.63) is 83.9 Å². The number of benzene rings is 3. The monoisotopic (exact) mass is 496 g/mol. The van der Waals surface area contributed by atoms with Crippen molar-refractivity contribution in [1.82, 2.24) is 0 Å². The van der Waals surface area contributed by atoms with Crippen LogP contribution in [0.25, 0.3) is 0 Å². The molecule has 0 spiro atoms. The highest BCUT2D eigenvalue weighted by Gasteiger charge is 2.24. The summed E-state index contributed by atoms with van der Waals surface area (Å²) in [4.78, 5) is 28.0. The number of carbonyl (C=O) groups excluding carboxylic acids is 2. The van der Waals surface area contributed by atoms with Gasteiger partial charge in [-0.2, -0.15) is 0 Å². The number of nitrogens with zero attached hydrogens (tertiary/aromatic N) is 2. The van der Waals surface area contributed by atoms with E-state index in [1.54, 1.807) is 40.9 Å². The number of amides is 1. The van der Waals surface area contributed by atoms with E-state index in [4.69, 9.17) is 4.74 Å². The first-order valence-corrected chi connectivity index (χ1v) is 13.0. The van der Waals surface area contributed by atoms with Crippen LogP contribution in [0.5, 0.6) is 0 Å². The van der Waals surface area contributed by atoms with Crippen molar-refractivity contribution in [3.8, 4) is 0 Å². The van der Waals surface area contributed by atoms with Gasteiger partial charge in [-0.15, -0.1) is 11.8 Å². The van der Waals surface area contributed by atoms with Crippen LogP contribution in [-0.4, -0.2) is 46.2 Å². The molecule has 34 heavy (non-hydrogen) atoms. The molecular weight excluding hydrogens is 472 g/mol. The maximum atomic E-state index is 12.9. The standard InChI is InChI=1S/C25H24N2O5S2/c1-18-7-13-21(14-8-18)34(30,31)26(2)20-11-9-19(10-12-20)25(29)32-17-24(28)27-15-16-33-23-6-4-3-5-22(23)27/h3-14H,15-17H2,1-2H3. The summed E-state index contributed by atoms with van der Waals surface area (Å²) in [6, 6.07) is 20.3. The van der Waals surface area contributed by atoms with Crippen molar-refractivity contribution in [3.63, 3.8) is 0 Å². The average molecular weight is 497 g/mol. The second-order valence-corrected chi connectivity index (χ2v) is 10.9. The summed E-state index contributed by atoms with van der Waals surface area (Å²) in [5.74, 6) is -0.165. The van der Waals surface area contributed by atoms with E-state index in [9.17, 15) is 18.0 Å². The Labute approximate surface area is 203 Å². The number of sulfonamides is 1. The number of fused-ring (bicyclic) bond motifs is 1. The maximum Gasteiger partial charge on any atom is 0.338 e. The Bertz CT molecular complexity index is 1310. The number of hydrogen-bond acceptors (Lipinski definition) is 6. The molecule has 1 heterocycles. The van der Waals surface area contributed by atoms with Crippen LogP contribution in [-0.2, 0) is 19.6 Å². The predicted octanol–water partition coefficient (Wildman–Crippen LogP) is 4.12. The Balaban J connectivity index is 1.40. The van der Waals surface area contributed by atoms with Crippen LogP contribution < -0.4 is 9.21 Å². The van der Waals surface area contributed by atoms with Crippen LogP contribution in [0.4, 0.5) is 11.4 Å². The molecule has 0 atom stereocenters. The molecule has 3 aromatic rings. The van der Waals surface area contributed by atoms with Crippen LogP contribution in [0, 0.1) is 6.92 Å². The number of anilines is 2. The highest BCUT2D eigenvalue weighted by atomic mass is 32.2. The number of para-hydroxylation sites is 1. The Morgan fingerprint density at radius 1 is 1.00 bits per heavy atom. The lowest BCUT2D eigenvalue weighted by atomic mass is 10.2. The Kier molecular flexibility index (Phi) is 6.95. The lowest BCUT2D eigenvalue weighted by Crippen LogP contribution is -2.38. The van der Waals surface area contributed by atoms with Gasteiger partial charge in [0.05, 0.1) is 21.8 Å². The van der Waals surface area contributed by atoms with Crippen molar-refractivity contribution in [2.24, 2.45) is 0 Å². The summed E-state index contributed by atoms with van der Waals surface area (Å²) in [7, 11) is -2.28. The van der Waals surface area contributed by atoms with Gasteiger partial charge in [0.25, 0.3) is 15.9 Å². The number of carbonyl (C=O) groups is 2. The molecule has 0 unspecified atom stereocenters. The lowest BCUT2D eigenvalue weighted by molar-refractivity contribution is -0.121. The summed E-state index contributed by atoms with van der Waals surface area (Å²) in [6.45, 7) is 2.06. The van der Waals surface area contributed by atoms with Gasteiger partial charge in [-0.1, -0.05) is 29.8 Å². The molecule has 1 amide bonds. The van der Waals surface area contributed by atoms with Gasteiger partial charge in [-0.05, 0) is 55.5 Å². The van der Waals surface area contributed by atoms with Crippen molar-refractivity contribution in [2.45, 2.75) is 16.7 Å². The molecule has 0 saturated heterocycles. The molecule has 0 N–H and O–H groups in total. The first kappa shape index (κ1) is 23.8. The molecule has 9 heteroatoms. The molecule has 0 fully saturated rings. The van der Waals surface area contributed by atoms with Crippen molar-refractivity contribution in [2.75, 3.05) is 35.2 Å². The van der Waals surface area contributed by atoms with E-state index in [1.165, 1.54) is 31.3 Å². The number of thioether (sulfide) groups is 1. The number of hydrogen-bond donors (Lipinski definition) is 0. The minimum atomic E-state index is -3.73. The van der Waals surface area contributed by atoms with E-state index >= 15 is 0 Å². The predicted molar refractivity (Wildman–Crippen MR) is 133 cm³/mol. The molecule has 4 rings (SSSR count). The van der Waals surface area contributed by atoms with Crippen molar-refractivity contribution >= 4 is 45.0 Å². The molecule has 1 aliphatic heterocycles. The van der Waals surface area contributed by atoms with Crippen LogP contribution in [0.2, 0.25) is 0 Å². The molecule has 0 aromatic heterocycles. The Morgan fingerprint density at radius 3 is 2.38 bits per heavy atom. The SMILES string of the molecule is Cc1ccc(S(=O)(=O)N(C)c2ccc(C(=O)OCC(=O)N3CCSc4ccccc43)cc2)cc1. The first-order valence-electron chi connectivity index (χ1n) is 10.6. The summed E-state index contributed by atoms with van der Waals surface area (Å²) in [6.07, 6.45) is 0. The second-order valence-electron chi connectivity index (χ2n) is 7.77. The van der Waals surface area contributed by atoms with Gasteiger partial charge >= 0.3 is 5.97 Å². The largest absolute Gasteiger partial charge is 0.452 e. The number of aryl methyl sites for hydroxylation is 1. The Morgan fingerprint density at radius 2 is 1.68 bits per heavy atom. The van der Waals surface area contributed by atoms with Gasteiger partial charge in [-0.25, -0.2) is 13.2 Å². The molecule has 1 aliphatic rings. The highest BCUT2D eigenvalue weighted by Crippen LogP contribution is 2.34. The third-order valence-corrected chi connectivity index (χ3v) is 8.34. The van der Waals surface area contributed by atoms with Crippen molar-refractivity contribution < 1.29 is 22.7 Å². The minimum Gasteiger partial charge on any atom is -0.452 e. The van der Waals surface area contributed by atoms with Gasteiger partial charge in [0, 0.05) is 24.2 Å². The van der Waals surface area contributed by atoms with Crippen LogP contribution in [0.3, 0.4) is 0 Å². The van der Waals surface area contributed by atoms with E-state index in [0.717, 1.165) is 26.2 Å². The van der Waals surface area contributed by atoms with E-state index < -0.39 is 16.0 Å². The lowest BCUT2D eigenvalue weighted by Gasteiger charge is -2.28. The fourth-order valence-corrected chi connectivity index (χ4v) is 5.72. The van der Waals surface area contributed by atoms with Crippen molar-refractivity contribution in [1.29, 1.82) is 0 Å². The highest BCUT2D eigenvalue weighted by molar-refractivity contribution is 7.99. The zero-order valence-corrected chi connectivity index (χ0v) is 20.4. The van der Waals surface area contributed by atoms with E-state index in [-0.39, 0.29) is 23.0 Å². The minimum absolute atomic E-state index is 0.181. The van der Waals surface area contributed by atoms with Crippen LogP contribution >= 0.6 is 11.8 Å². The molecule has 0 bridgehead atoms. The fourth-order valence-electron chi connectivity index (χ4n) is 3.53. The number of rotatable bonds is 6. The van der Waals surface area contributed by atoms with Crippen LogP contribution in [0.15, 0.2) is 82.6 Å². The Hall–Kier alpha value is -3.30. The van der Waals surface area contributed by atoms with Gasteiger partial charge in [-0.3, -0.25) is 9.10 Å².